The number of halogens is 3. The first-order chi connectivity index (χ1) is 8.90. The van der Waals surface area contributed by atoms with Gasteiger partial charge in [-0.3, -0.25) is 4.68 Å². The lowest BCUT2D eigenvalue weighted by Gasteiger charge is -2.05. The number of carboxylic acids is 1. The van der Waals surface area contributed by atoms with Crippen LogP contribution in [0.3, 0.4) is 0 Å². The van der Waals surface area contributed by atoms with E-state index >= 15 is 0 Å². The molecule has 0 atom stereocenters. The second-order valence-electron chi connectivity index (χ2n) is 3.88. The quantitative estimate of drug-likeness (QED) is 0.933. The van der Waals surface area contributed by atoms with Gasteiger partial charge in [-0.05, 0) is 18.2 Å². The highest BCUT2D eigenvalue weighted by atomic mass is 19.3. The summed E-state index contributed by atoms with van der Waals surface area (Å²) in [5, 5.41) is 12.5. The van der Waals surface area contributed by atoms with Crippen LogP contribution in [0.5, 0.6) is 0 Å². The van der Waals surface area contributed by atoms with Gasteiger partial charge in [0, 0.05) is 12.6 Å². The lowest BCUT2D eigenvalue weighted by atomic mass is 10.1. The molecule has 0 amide bonds. The van der Waals surface area contributed by atoms with Crippen LogP contribution in [-0.4, -0.2) is 20.9 Å². The van der Waals surface area contributed by atoms with E-state index in [9.17, 15) is 18.0 Å². The second-order valence-corrected chi connectivity index (χ2v) is 3.88. The van der Waals surface area contributed by atoms with Gasteiger partial charge < -0.3 is 5.11 Å². The van der Waals surface area contributed by atoms with Crippen molar-refractivity contribution in [3.05, 3.63) is 41.3 Å². The molecule has 0 spiro atoms. The minimum absolute atomic E-state index is 0.198. The number of carboxylic acid groups (broad SMARTS) is 1. The minimum atomic E-state index is -2.89. The Balaban J connectivity index is 2.48. The van der Waals surface area contributed by atoms with Crippen LogP contribution in [0.1, 0.15) is 22.5 Å². The number of alkyl halides is 2. The molecule has 1 aromatic carbocycles. The van der Waals surface area contributed by atoms with E-state index in [2.05, 4.69) is 5.10 Å². The number of hydrogen-bond acceptors (Lipinski definition) is 2. The number of aromatic carboxylic acids is 1. The highest BCUT2D eigenvalue weighted by Gasteiger charge is 2.17. The first kappa shape index (κ1) is 13.1. The lowest BCUT2D eigenvalue weighted by molar-refractivity contribution is 0.0689. The van der Waals surface area contributed by atoms with Crippen LogP contribution in [0.25, 0.3) is 11.3 Å². The summed E-state index contributed by atoms with van der Waals surface area (Å²) in [6.45, 7) is 0. The predicted molar refractivity (Wildman–Crippen MR) is 60.5 cm³/mol. The number of benzene rings is 1. The highest BCUT2D eigenvalue weighted by Crippen LogP contribution is 2.27. The zero-order valence-electron chi connectivity index (χ0n) is 9.77. The van der Waals surface area contributed by atoms with Crippen LogP contribution >= 0.6 is 0 Å². The van der Waals surface area contributed by atoms with E-state index in [1.807, 2.05) is 0 Å². The molecule has 0 aliphatic rings. The van der Waals surface area contributed by atoms with E-state index in [4.69, 9.17) is 5.11 Å². The maximum Gasteiger partial charge on any atom is 0.356 e. The lowest BCUT2D eigenvalue weighted by Crippen LogP contribution is -1.99. The Hall–Kier alpha value is -2.31. The van der Waals surface area contributed by atoms with Crippen molar-refractivity contribution in [3.8, 4) is 11.3 Å². The number of rotatable bonds is 3. The normalized spacial score (nSPS) is 11.0. The number of hydrogen-bond donors (Lipinski definition) is 1. The molecule has 1 heterocycles. The van der Waals surface area contributed by atoms with Gasteiger partial charge in [-0.25, -0.2) is 18.0 Å². The first-order valence-corrected chi connectivity index (χ1v) is 5.25. The minimum Gasteiger partial charge on any atom is -0.476 e. The summed E-state index contributed by atoms with van der Waals surface area (Å²) in [6, 6.07) is 4.46. The first-order valence-electron chi connectivity index (χ1n) is 5.25. The molecule has 0 unspecified atom stereocenters. The van der Waals surface area contributed by atoms with E-state index in [1.165, 1.54) is 23.9 Å². The fourth-order valence-corrected chi connectivity index (χ4v) is 1.71. The van der Waals surface area contributed by atoms with Crippen molar-refractivity contribution in [2.24, 2.45) is 7.05 Å². The molecule has 0 aliphatic carbocycles. The average Bonchev–Trinajstić information content (AvgIpc) is 2.71. The smallest absolute Gasteiger partial charge is 0.356 e. The molecular formula is C12H9F3N2O2. The Bertz CT molecular complexity index is 638. The largest absolute Gasteiger partial charge is 0.476 e. The van der Waals surface area contributed by atoms with Crippen molar-refractivity contribution in [1.82, 2.24) is 9.78 Å². The van der Waals surface area contributed by atoms with E-state index in [0.717, 1.165) is 12.1 Å². The summed E-state index contributed by atoms with van der Waals surface area (Å²) >= 11 is 0. The van der Waals surface area contributed by atoms with Crippen molar-refractivity contribution in [3.63, 3.8) is 0 Å². The average molecular weight is 270 g/mol. The van der Waals surface area contributed by atoms with Gasteiger partial charge in [0.05, 0.1) is 11.3 Å². The van der Waals surface area contributed by atoms with Crippen LogP contribution in [0, 0.1) is 5.82 Å². The topological polar surface area (TPSA) is 55.1 Å². The molecule has 0 saturated heterocycles. The van der Waals surface area contributed by atoms with Crippen LogP contribution in [0.2, 0.25) is 0 Å². The summed E-state index contributed by atoms with van der Waals surface area (Å²) in [6.07, 6.45) is -2.89. The standard InChI is InChI=1S/C12H9F3N2O2/c1-17-10(5-9(16-17)12(18)19)6-2-3-7(11(14)15)8(13)4-6/h2-5,11H,1H3,(H,18,19). The van der Waals surface area contributed by atoms with Gasteiger partial charge in [-0.15, -0.1) is 0 Å². The van der Waals surface area contributed by atoms with E-state index in [0.29, 0.717) is 5.69 Å². The number of nitrogens with zero attached hydrogens (tertiary/aromatic N) is 2. The third-order valence-electron chi connectivity index (χ3n) is 2.63. The Morgan fingerprint density at radius 2 is 2.05 bits per heavy atom. The van der Waals surface area contributed by atoms with Gasteiger partial charge in [0.1, 0.15) is 5.82 Å². The van der Waals surface area contributed by atoms with Crippen LogP contribution in [0.15, 0.2) is 24.3 Å². The predicted octanol–water partition coefficient (Wildman–Crippen LogP) is 2.86. The van der Waals surface area contributed by atoms with Gasteiger partial charge in [0.15, 0.2) is 5.69 Å². The molecule has 2 rings (SSSR count). The number of aryl methyl sites for hydroxylation is 1. The van der Waals surface area contributed by atoms with Crippen molar-refractivity contribution >= 4 is 5.97 Å². The Kier molecular flexibility index (Phi) is 3.28. The van der Waals surface area contributed by atoms with Gasteiger partial charge in [-0.2, -0.15) is 5.10 Å². The summed E-state index contributed by atoms with van der Waals surface area (Å²) in [5.74, 6) is -2.25. The third-order valence-corrected chi connectivity index (χ3v) is 2.63. The fraction of sp³-hybridized carbons (Fsp3) is 0.167. The third kappa shape index (κ3) is 2.44. The molecule has 7 heteroatoms. The van der Waals surface area contributed by atoms with Crippen molar-refractivity contribution < 1.29 is 23.1 Å². The summed E-state index contributed by atoms with van der Waals surface area (Å²) in [5.41, 5.74) is -0.276. The maximum absolute atomic E-state index is 13.5. The molecule has 100 valence electrons. The summed E-state index contributed by atoms with van der Waals surface area (Å²) in [4.78, 5) is 10.8. The van der Waals surface area contributed by atoms with Gasteiger partial charge in [-0.1, -0.05) is 6.07 Å². The monoisotopic (exact) mass is 270 g/mol. The zero-order valence-corrected chi connectivity index (χ0v) is 9.77. The molecule has 0 aliphatic heterocycles. The molecule has 19 heavy (non-hydrogen) atoms. The summed E-state index contributed by atoms with van der Waals surface area (Å²) < 4.78 is 39.5. The van der Waals surface area contributed by atoms with Crippen molar-refractivity contribution in [2.45, 2.75) is 6.43 Å². The number of carbonyl (C=O) groups is 1. The van der Waals surface area contributed by atoms with Crippen molar-refractivity contribution in [2.75, 3.05) is 0 Å². The van der Waals surface area contributed by atoms with Crippen LogP contribution in [0.4, 0.5) is 13.2 Å². The highest BCUT2D eigenvalue weighted by molar-refractivity contribution is 5.87. The molecule has 1 aromatic heterocycles. The molecule has 4 nitrogen and oxygen atoms in total. The van der Waals surface area contributed by atoms with Crippen molar-refractivity contribution in [1.29, 1.82) is 0 Å². The van der Waals surface area contributed by atoms with E-state index < -0.39 is 23.8 Å². The van der Waals surface area contributed by atoms with Crippen LogP contribution < -0.4 is 0 Å². The second kappa shape index (κ2) is 4.75. The Labute approximate surface area is 106 Å². The SMILES string of the molecule is Cn1nc(C(=O)O)cc1-c1ccc(C(F)F)c(F)c1. The fourth-order valence-electron chi connectivity index (χ4n) is 1.71. The zero-order chi connectivity index (χ0) is 14.2. The molecule has 0 fully saturated rings. The molecule has 1 N–H and O–H groups in total. The van der Waals surface area contributed by atoms with Crippen LogP contribution in [-0.2, 0) is 7.05 Å². The Morgan fingerprint density at radius 3 is 2.53 bits per heavy atom. The summed E-state index contributed by atoms with van der Waals surface area (Å²) in [7, 11) is 1.49. The molecular weight excluding hydrogens is 261 g/mol. The molecule has 0 bridgehead atoms. The Morgan fingerprint density at radius 1 is 1.37 bits per heavy atom. The molecule has 0 saturated carbocycles. The van der Waals surface area contributed by atoms with Gasteiger partial charge >= 0.3 is 5.97 Å². The van der Waals surface area contributed by atoms with E-state index in [-0.39, 0.29) is 11.3 Å². The van der Waals surface area contributed by atoms with Gasteiger partial charge in [0.2, 0.25) is 0 Å². The maximum atomic E-state index is 13.5. The van der Waals surface area contributed by atoms with Gasteiger partial charge in [0.25, 0.3) is 6.43 Å². The number of aromatic nitrogens is 2. The van der Waals surface area contributed by atoms with E-state index in [1.54, 1.807) is 0 Å². The molecule has 0 radical (unpaired) electrons. The molecule has 2 aromatic rings.